The van der Waals surface area contributed by atoms with E-state index in [0.29, 0.717) is 5.58 Å². The van der Waals surface area contributed by atoms with Crippen LogP contribution >= 0.6 is 0 Å². The van der Waals surface area contributed by atoms with Crippen LogP contribution in [0.25, 0.3) is 11.1 Å². The molecule has 0 radical (unpaired) electrons. The number of nitrogens with zero attached hydrogens (tertiary/aromatic N) is 3. The van der Waals surface area contributed by atoms with Crippen LogP contribution in [0.2, 0.25) is 0 Å². The maximum Gasteiger partial charge on any atom is 0.419 e. The van der Waals surface area contributed by atoms with Crippen LogP contribution in [0.15, 0.2) is 27.4 Å². The van der Waals surface area contributed by atoms with Gasteiger partial charge in [0.2, 0.25) is 5.91 Å². The van der Waals surface area contributed by atoms with Crippen LogP contribution in [0.5, 0.6) is 0 Å². The fourth-order valence-electron chi connectivity index (χ4n) is 3.35. The quantitative estimate of drug-likeness (QED) is 0.762. The number of benzene rings is 1. The van der Waals surface area contributed by atoms with E-state index in [1.807, 2.05) is 39.8 Å². The number of aryl methyl sites for hydroxylation is 4. The number of amides is 1. The summed E-state index contributed by atoms with van der Waals surface area (Å²) < 4.78 is 6.78. The highest BCUT2D eigenvalue weighted by molar-refractivity contribution is 5.77. The van der Waals surface area contributed by atoms with Crippen LogP contribution in [0.4, 0.5) is 0 Å². The molecule has 1 N–H and O–H groups in total. The van der Waals surface area contributed by atoms with Crippen molar-refractivity contribution in [1.82, 2.24) is 19.7 Å². The average molecular weight is 356 g/mol. The Kier molecular flexibility index (Phi) is 4.71. The standard InChI is InChI=1S/C19H24N4O3/c1-11-6-7-16-15(10-11)23(19(25)26-16)9-8-17(24)22(5)14(4)18-12(2)20-21-13(18)3/h6-7,10,14H,8-9H2,1-5H3,(H,20,21)/t14-/m1/s1. The fraction of sp³-hybridized carbons (Fsp3) is 0.421. The third kappa shape index (κ3) is 3.16. The predicted octanol–water partition coefficient (Wildman–Crippen LogP) is 2.85. The van der Waals surface area contributed by atoms with E-state index in [9.17, 15) is 9.59 Å². The van der Waals surface area contributed by atoms with Gasteiger partial charge in [-0.1, -0.05) is 6.07 Å². The highest BCUT2D eigenvalue weighted by atomic mass is 16.4. The highest BCUT2D eigenvalue weighted by Gasteiger charge is 2.22. The van der Waals surface area contributed by atoms with Crippen LogP contribution in [0.1, 0.15) is 41.9 Å². The van der Waals surface area contributed by atoms with Gasteiger partial charge in [-0.25, -0.2) is 4.79 Å². The van der Waals surface area contributed by atoms with Gasteiger partial charge in [-0.3, -0.25) is 14.5 Å². The van der Waals surface area contributed by atoms with E-state index in [1.165, 1.54) is 4.57 Å². The summed E-state index contributed by atoms with van der Waals surface area (Å²) in [5, 5.41) is 7.15. The Hall–Kier alpha value is -2.83. The molecule has 7 heteroatoms. The molecular formula is C19H24N4O3. The van der Waals surface area contributed by atoms with Crippen LogP contribution in [-0.2, 0) is 11.3 Å². The van der Waals surface area contributed by atoms with Gasteiger partial charge < -0.3 is 9.32 Å². The summed E-state index contributed by atoms with van der Waals surface area (Å²) >= 11 is 0. The first-order valence-corrected chi connectivity index (χ1v) is 8.66. The maximum atomic E-state index is 12.7. The molecule has 3 rings (SSSR count). The lowest BCUT2D eigenvalue weighted by atomic mass is 10.1. The van der Waals surface area contributed by atoms with E-state index >= 15 is 0 Å². The van der Waals surface area contributed by atoms with Gasteiger partial charge in [-0.05, 0) is 45.4 Å². The van der Waals surface area contributed by atoms with Gasteiger partial charge in [0.05, 0.1) is 17.3 Å². The van der Waals surface area contributed by atoms with Crippen LogP contribution in [0.3, 0.4) is 0 Å². The normalized spacial score (nSPS) is 12.5. The zero-order valence-corrected chi connectivity index (χ0v) is 15.8. The van der Waals surface area contributed by atoms with Crippen LogP contribution < -0.4 is 5.76 Å². The lowest BCUT2D eigenvalue weighted by Gasteiger charge is -2.25. The minimum absolute atomic E-state index is 0.0357. The Balaban J connectivity index is 1.76. The zero-order chi connectivity index (χ0) is 19.0. The molecule has 0 spiro atoms. The van der Waals surface area contributed by atoms with Crippen molar-refractivity contribution < 1.29 is 9.21 Å². The summed E-state index contributed by atoms with van der Waals surface area (Å²) in [7, 11) is 1.78. The van der Waals surface area contributed by atoms with Gasteiger partial charge in [0.25, 0.3) is 0 Å². The molecule has 3 aromatic rings. The molecule has 0 aliphatic heterocycles. The minimum atomic E-state index is -0.435. The molecule has 1 atom stereocenters. The smallest absolute Gasteiger partial charge is 0.408 e. The summed E-state index contributed by atoms with van der Waals surface area (Å²) in [6.07, 6.45) is 0.221. The van der Waals surface area contributed by atoms with Gasteiger partial charge in [-0.15, -0.1) is 0 Å². The van der Waals surface area contributed by atoms with E-state index in [1.54, 1.807) is 18.0 Å². The molecule has 0 aliphatic carbocycles. The lowest BCUT2D eigenvalue weighted by molar-refractivity contribution is -0.132. The van der Waals surface area contributed by atoms with Crippen LogP contribution in [-0.4, -0.2) is 32.6 Å². The highest BCUT2D eigenvalue weighted by Crippen LogP contribution is 2.24. The Morgan fingerprint density at radius 2 is 2.08 bits per heavy atom. The summed E-state index contributed by atoms with van der Waals surface area (Å²) in [6, 6.07) is 5.48. The van der Waals surface area contributed by atoms with Crippen molar-refractivity contribution >= 4 is 17.0 Å². The second kappa shape index (κ2) is 6.82. The van der Waals surface area contributed by atoms with Gasteiger partial charge >= 0.3 is 5.76 Å². The first-order valence-electron chi connectivity index (χ1n) is 8.66. The number of fused-ring (bicyclic) bond motifs is 1. The molecule has 0 saturated heterocycles. The fourth-order valence-corrected chi connectivity index (χ4v) is 3.35. The second-order valence-electron chi connectivity index (χ2n) is 6.77. The number of aromatic amines is 1. The topological polar surface area (TPSA) is 84.1 Å². The van der Waals surface area contributed by atoms with Crippen molar-refractivity contribution in [2.45, 2.75) is 46.7 Å². The number of carbonyl (C=O) groups excluding carboxylic acids is 1. The van der Waals surface area contributed by atoms with Gasteiger partial charge in [-0.2, -0.15) is 5.10 Å². The van der Waals surface area contributed by atoms with Crippen molar-refractivity contribution in [2.24, 2.45) is 0 Å². The Morgan fingerprint density at radius 1 is 1.35 bits per heavy atom. The third-order valence-electron chi connectivity index (χ3n) is 4.95. The number of rotatable bonds is 5. The van der Waals surface area contributed by atoms with Crippen molar-refractivity contribution in [2.75, 3.05) is 7.05 Å². The number of hydrogen-bond donors (Lipinski definition) is 1. The molecule has 1 amide bonds. The number of aromatic nitrogens is 3. The molecule has 0 aliphatic rings. The largest absolute Gasteiger partial charge is 0.419 e. The summed E-state index contributed by atoms with van der Waals surface area (Å²) in [5.41, 5.74) is 5.18. The summed E-state index contributed by atoms with van der Waals surface area (Å²) in [4.78, 5) is 26.5. The van der Waals surface area contributed by atoms with E-state index < -0.39 is 5.76 Å². The van der Waals surface area contributed by atoms with Crippen LogP contribution in [0, 0.1) is 20.8 Å². The number of H-pyrrole nitrogens is 1. The molecule has 2 aromatic heterocycles. The monoisotopic (exact) mass is 356 g/mol. The van der Waals surface area contributed by atoms with Gasteiger partial charge in [0, 0.05) is 31.3 Å². The number of carbonyl (C=O) groups is 1. The molecule has 0 bridgehead atoms. The third-order valence-corrected chi connectivity index (χ3v) is 4.95. The molecule has 0 unspecified atom stereocenters. The first-order chi connectivity index (χ1) is 12.3. The maximum absolute atomic E-state index is 12.7. The van der Waals surface area contributed by atoms with E-state index in [2.05, 4.69) is 10.2 Å². The Bertz CT molecular complexity index is 992. The molecule has 1 aromatic carbocycles. The van der Waals surface area contributed by atoms with E-state index in [0.717, 1.165) is 28.0 Å². The number of hydrogen-bond acceptors (Lipinski definition) is 4. The SMILES string of the molecule is Cc1ccc2oc(=O)n(CCC(=O)N(C)[C@H](C)c3c(C)n[nH]c3C)c2c1. The Labute approximate surface area is 151 Å². The first kappa shape index (κ1) is 18.0. The number of oxazole rings is 1. The summed E-state index contributed by atoms with van der Waals surface area (Å²) in [5.74, 6) is -0.470. The second-order valence-corrected chi connectivity index (χ2v) is 6.77. The molecule has 2 heterocycles. The van der Waals surface area contributed by atoms with E-state index in [-0.39, 0.29) is 24.9 Å². The lowest BCUT2D eigenvalue weighted by Crippen LogP contribution is -2.31. The Morgan fingerprint density at radius 3 is 2.73 bits per heavy atom. The molecular weight excluding hydrogens is 332 g/mol. The van der Waals surface area contributed by atoms with Gasteiger partial charge in [0.1, 0.15) is 0 Å². The van der Waals surface area contributed by atoms with E-state index in [4.69, 9.17) is 4.42 Å². The van der Waals surface area contributed by atoms with Crippen molar-refractivity contribution in [3.63, 3.8) is 0 Å². The van der Waals surface area contributed by atoms with Gasteiger partial charge in [0.15, 0.2) is 5.58 Å². The molecule has 0 saturated carbocycles. The minimum Gasteiger partial charge on any atom is -0.408 e. The summed E-state index contributed by atoms with van der Waals surface area (Å²) in [6.45, 7) is 8.09. The molecule has 26 heavy (non-hydrogen) atoms. The molecule has 0 fully saturated rings. The van der Waals surface area contributed by atoms with Crippen molar-refractivity contribution in [3.8, 4) is 0 Å². The van der Waals surface area contributed by atoms with Crippen molar-refractivity contribution in [3.05, 3.63) is 51.3 Å². The average Bonchev–Trinajstić information content (AvgIpc) is 3.09. The van der Waals surface area contributed by atoms with Crippen molar-refractivity contribution in [1.29, 1.82) is 0 Å². The molecule has 7 nitrogen and oxygen atoms in total. The number of nitrogens with one attached hydrogen (secondary N) is 1. The molecule has 138 valence electrons. The predicted molar refractivity (Wildman–Crippen MR) is 99.1 cm³/mol. The zero-order valence-electron chi connectivity index (χ0n) is 15.8.